The standard InChI is InChI=1S/C9H7ClF3NO/c1-5(15)14-6-2-3-8(10)7(4-6)9(11,12)13/h2-4H,1H3,(H,14,15). The van der Waals surface area contributed by atoms with Crippen molar-refractivity contribution >= 4 is 23.2 Å². The van der Waals surface area contributed by atoms with Crippen LogP contribution in [-0.4, -0.2) is 5.91 Å². The average Bonchev–Trinajstić information content (AvgIpc) is 2.05. The van der Waals surface area contributed by atoms with Gasteiger partial charge >= 0.3 is 6.18 Å². The van der Waals surface area contributed by atoms with Crippen LogP contribution in [-0.2, 0) is 11.0 Å². The van der Waals surface area contributed by atoms with E-state index in [2.05, 4.69) is 5.32 Å². The van der Waals surface area contributed by atoms with Gasteiger partial charge in [0.05, 0.1) is 10.6 Å². The average molecular weight is 238 g/mol. The van der Waals surface area contributed by atoms with Gasteiger partial charge in [-0.25, -0.2) is 0 Å². The number of carbonyl (C=O) groups is 1. The first kappa shape index (κ1) is 11.8. The fourth-order valence-corrected chi connectivity index (χ4v) is 1.25. The molecule has 2 nitrogen and oxygen atoms in total. The highest BCUT2D eigenvalue weighted by atomic mass is 35.5. The van der Waals surface area contributed by atoms with Gasteiger partial charge in [0.1, 0.15) is 0 Å². The minimum Gasteiger partial charge on any atom is -0.326 e. The summed E-state index contributed by atoms with van der Waals surface area (Å²) in [7, 11) is 0. The number of alkyl halides is 3. The molecule has 0 saturated heterocycles. The Hall–Kier alpha value is -1.23. The number of hydrogen-bond acceptors (Lipinski definition) is 1. The lowest BCUT2D eigenvalue weighted by Gasteiger charge is -2.10. The van der Waals surface area contributed by atoms with E-state index in [4.69, 9.17) is 11.6 Å². The molecule has 82 valence electrons. The van der Waals surface area contributed by atoms with Crippen molar-refractivity contribution in [1.29, 1.82) is 0 Å². The molecule has 1 N–H and O–H groups in total. The first-order valence-electron chi connectivity index (χ1n) is 3.95. The SMILES string of the molecule is CC(=O)Nc1ccc(Cl)c(C(F)(F)F)c1. The highest BCUT2D eigenvalue weighted by molar-refractivity contribution is 6.31. The van der Waals surface area contributed by atoms with Gasteiger partial charge in [-0.2, -0.15) is 13.2 Å². The fourth-order valence-electron chi connectivity index (χ4n) is 1.02. The minimum absolute atomic E-state index is 0.0687. The number of halogens is 4. The summed E-state index contributed by atoms with van der Waals surface area (Å²) in [5.74, 6) is -0.439. The third kappa shape index (κ3) is 3.13. The summed E-state index contributed by atoms with van der Waals surface area (Å²) in [6.45, 7) is 1.21. The summed E-state index contributed by atoms with van der Waals surface area (Å²) in [4.78, 5) is 10.6. The van der Waals surface area contributed by atoms with Gasteiger partial charge in [-0.15, -0.1) is 0 Å². The summed E-state index contributed by atoms with van der Waals surface area (Å²) in [6, 6.07) is 3.19. The fraction of sp³-hybridized carbons (Fsp3) is 0.222. The van der Waals surface area contributed by atoms with Crippen LogP contribution in [0.2, 0.25) is 5.02 Å². The predicted molar refractivity (Wildman–Crippen MR) is 50.8 cm³/mol. The molecular weight excluding hydrogens is 231 g/mol. The second kappa shape index (κ2) is 4.10. The van der Waals surface area contributed by atoms with E-state index in [0.29, 0.717) is 0 Å². The third-order valence-electron chi connectivity index (χ3n) is 1.59. The number of benzene rings is 1. The molecule has 0 bridgehead atoms. The largest absolute Gasteiger partial charge is 0.417 e. The van der Waals surface area contributed by atoms with Crippen LogP contribution in [0.1, 0.15) is 12.5 Å². The Kier molecular flexibility index (Phi) is 3.24. The molecule has 1 amide bonds. The number of anilines is 1. The molecule has 6 heteroatoms. The quantitative estimate of drug-likeness (QED) is 0.798. The van der Waals surface area contributed by atoms with Crippen molar-refractivity contribution in [3.8, 4) is 0 Å². The van der Waals surface area contributed by atoms with Crippen LogP contribution >= 0.6 is 11.6 Å². The zero-order valence-corrected chi connectivity index (χ0v) is 8.41. The number of rotatable bonds is 1. The number of amides is 1. The van der Waals surface area contributed by atoms with Gasteiger partial charge in [-0.05, 0) is 18.2 Å². The summed E-state index contributed by atoms with van der Waals surface area (Å²) < 4.78 is 37.1. The van der Waals surface area contributed by atoms with Crippen LogP contribution < -0.4 is 5.32 Å². The lowest BCUT2D eigenvalue weighted by Crippen LogP contribution is -2.09. The van der Waals surface area contributed by atoms with Gasteiger partial charge in [0.2, 0.25) is 5.91 Å². The van der Waals surface area contributed by atoms with E-state index in [1.54, 1.807) is 0 Å². The van der Waals surface area contributed by atoms with Crippen LogP contribution in [0.5, 0.6) is 0 Å². The maximum atomic E-state index is 12.4. The van der Waals surface area contributed by atoms with Crippen LogP contribution in [0.4, 0.5) is 18.9 Å². The van der Waals surface area contributed by atoms with Crippen LogP contribution in [0.3, 0.4) is 0 Å². The van der Waals surface area contributed by atoms with Gasteiger partial charge in [0.15, 0.2) is 0 Å². The lowest BCUT2D eigenvalue weighted by atomic mass is 10.2. The first-order chi connectivity index (χ1) is 6.80. The molecule has 0 fully saturated rings. The van der Waals surface area contributed by atoms with Crippen molar-refractivity contribution in [3.63, 3.8) is 0 Å². The van der Waals surface area contributed by atoms with Crippen LogP contribution in [0, 0.1) is 0 Å². The molecule has 0 saturated carbocycles. The summed E-state index contributed by atoms with van der Waals surface area (Å²) in [5.41, 5.74) is -0.894. The minimum atomic E-state index is -4.52. The summed E-state index contributed by atoms with van der Waals surface area (Å²) in [5, 5.41) is 1.85. The van der Waals surface area contributed by atoms with Gasteiger partial charge < -0.3 is 5.32 Å². The zero-order chi connectivity index (χ0) is 11.6. The van der Waals surface area contributed by atoms with E-state index in [1.165, 1.54) is 13.0 Å². The highest BCUT2D eigenvalue weighted by Crippen LogP contribution is 2.36. The van der Waals surface area contributed by atoms with E-state index >= 15 is 0 Å². The molecule has 1 rings (SSSR count). The lowest BCUT2D eigenvalue weighted by molar-refractivity contribution is -0.137. The van der Waals surface area contributed by atoms with Gasteiger partial charge in [0.25, 0.3) is 0 Å². The summed E-state index contributed by atoms with van der Waals surface area (Å²) in [6.07, 6.45) is -4.52. The Morgan fingerprint density at radius 3 is 2.47 bits per heavy atom. The third-order valence-corrected chi connectivity index (χ3v) is 1.92. The Balaban J connectivity index is 3.11. The Bertz CT molecular complexity index is 389. The molecule has 0 aliphatic carbocycles. The van der Waals surface area contributed by atoms with Crippen molar-refractivity contribution < 1.29 is 18.0 Å². The van der Waals surface area contributed by atoms with Gasteiger partial charge in [-0.1, -0.05) is 11.6 Å². The smallest absolute Gasteiger partial charge is 0.326 e. The van der Waals surface area contributed by atoms with E-state index < -0.39 is 22.7 Å². The number of nitrogens with one attached hydrogen (secondary N) is 1. The van der Waals surface area contributed by atoms with E-state index in [1.807, 2.05) is 0 Å². The molecule has 0 unspecified atom stereocenters. The van der Waals surface area contributed by atoms with Crippen molar-refractivity contribution in [1.82, 2.24) is 0 Å². The molecule has 0 spiro atoms. The molecule has 0 radical (unpaired) electrons. The van der Waals surface area contributed by atoms with E-state index in [-0.39, 0.29) is 5.69 Å². The second-order valence-corrected chi connectivity index (χ2v) is 3.28. The summed E-state index contributed by atoms with van der Waals surface area (Å²) >= 11 is 5.38. The number of carbonyl (C=O) groups excluding carboxylic acids is 1. The van der Waals surface area contributed by atoms with E-state index in [0.717, 1.165) is 12.1 Å². The number of hydrogen-bond donors (Lipinski definition) is 1. The molecule has 0 aliphatic heterocycles. The monoisotopic (exact) mass is 237 g/mol. The molecule has 0 heterocycles. The van der Waals surface area contributed by atoms with Crippen molar-refractivity contribution in [2.75, 3.05) is 5.32 Å². The molecule has 1 aromatic rings. The highest BCUT2D eigenvalue weighted by Gasteiger charge is 2.33. The van der Waals surface area contributed by atoms with E-state index in [9.17, 15) is 18.0 Å². The molecule has 15 heavy (non-hydrogen) atoms. The van der Waals surface area contributed by atoms with Crippen molar-refractivity contribution in [2.24, 2.45) is 0 Å². The molecular formula is C9H7ClF3NO. The normalized spacial score (nSPS) is 11.3. The maximum absolute atomic E-state index is 12.4. The molecule has 0 aromatic heterocycles. The van der Waals surface area contributed by atoms with Gasteiger partial charge in [-0.3, -0.25) is 4.79 Å². The maximum Gasteiger partial charge on any atom is 0.417 e. The van der Waals surface area contributed by atoms with Crippen molar-refractivity contribution in [3.05, 3.63) is 28.8 Å². The molecule has 0 aliphatic rings. The zero-order valence-electron chi connectivity index (χ0n) is 7.65. The van der Waals surface area contributed by atoms with Gasteiger partial charge in [0, 0.05) is 12.6 Å². The van der Waals surface area contributed by atoms with Crippen LogP contribution in [0.25, 0.3) is 0 Å². The molecule has 1 aromatic carbocycles. The Morgan fingerprint density at radius 2 is 2.00 bits per heavy atom. The first-order valence-corrected chi connectivity index (χ1v) is 4.33. The van der Waals surface area contributed by atoms with Crippen LogP contribution in [0.15, 0.2) is 18.2 Å². The Labute approximate surface area is 89.0 Å². The Morgan fingerprint density at radius 1 is 1.40 bits per heavy atom. The predicted octanol–water partition coefficient (Wildman–Crippen LogP) is 3.32. The molecule has 0 atom stereocenters. The topological polar surface area (TPSA) is 29.1 Å². The van der Waals surface area contributed by atoms with Crippen molar-refractivity contribution in [2.45, 2.75) is 13.1 Å². The second-order valence-electron chi connectivity index (χ2n) is 2.87.